The molecule has 0 radical (unpaired) electrons. The maximum atomic E-state index is 12.7. The van der Waals surface area contributed by atoms with Crippen molar-refractivity contribution in [3.05, 3.63) is 47.5 Å². The number of benzene rings is 1. The van der Waals surface area contributed by atoms with Crippen molar-refractivity contribution in [1.82, 2.24) is 0 Å². The number of Topliss-reactive ketones (excluding diaryl/α,β-unsaturated/α-hetero) is 1. The average molecular weight is 266 g/mol. The summed E-state index contributed by atoms with van der Waals surface area (Å²) in [6.45, 7) is 0. The third kappa shape index (κ3) is 2.09. The zero-order valence-corrected chi connectivity index (χ0v) is 10.2. The zero-order chi connectivity index (χ0) is 13.6. The maximum absolute atomic E-state index is 12.7. The first-order valence-corrected chi connectivity index (χ1v) is 6.36. The van der Waals surface area contributed by atoms with Crippen molar-refractivity contribution >= 4 is 5.78 Å². The molecule has 0 N–H and O–H groups in total. The van der Waals surface area contributed by atoms with Gasteiger partial charge in [0.2, 0.25) is 0 Å². The Bertz CT molecular complexity index is 531. The Hall–Kier alpha value is -1.58. The Morgan fingerprint density at radius 3 is 2.26 bits per heavy atom. The Morgan fingerprint density at radius 1 is 1.11 bits per heavy atom. The number of rotatable bonds is 2. The molecular formula is C15H13F3O. The van der Waals surface area contributed by atoms with Crippen molar-refractivity contribution in [2.75, 3.05) is 0 Å². The molecule has 4 heteroatoms. The summed E-state index contributed by atoms with van der Waals surface area (Å²) >= 11 is 0. The minimum Gasteiger partial charge on any atom is -0.294 e. The van der Waals surface area contributed by atoms with Crippen LogP contribution in [0.25, 0.3) is 0 Å². The minimum atomic E-state index is -4.40. The molecular weight excluding hydrogens is 253 g/mol. The van der Waals surface area contributed by atoms with E-state index in [0.29, 0.717) is 0 Å². The predicted molar refractivity (Wildman–Crippen MR) is 64.6 cm³/mol. The van der Waals surface area contributed by atoms with E-state index in [1.54, 1.807) is 0 Å². The number of allylic oxidation sites excluding steroid dienone is 2. The topological polar surface area (TPSA) is 17.1 Å². The van der Waals surface area contributed by atoms with Gasteiger partial charge in [-0.3, -0.25) is 4.79 Å². The molecule has 3 rings (SSSR count). The molecule has 1 aromatic carbocycles. The third-order valence-corrected chi connectivity index (χ3v) is 4.14. The molecule has 19 heavy (non-hydrogen) atoms. The lowest BCUT2D eigenvalue weighted by molar-refractivity contribution is -0.137. The van der Waals surface area contributed by atoms with E-state index in [-0.39, 0.29) is 29.1 Å². The lowest BCUT2D eigenvalue weighted by Crippen LogP contribution is -2.20. The molecule has 1 saturated carbocycles. The molecule has 0 saturated heterocycles. The van der Waals surface area contributed by atoms with Gasteiger partial charge in [-0.2, -0.15) is 13.2 Å². The molecule has 3 atom stereocenters. The molecule has 1 nitrogen and oxygen atoms in total. The normalized spacial score (nSPS) is 28.9. The summed E-state index contributed by atoms with van der Waals surface area (Å²) in [6, 6.07) is 4.76. The van der Waals surface area contributed by atoms with Crippen LogP contribution in [0.2, 0.25) is 0 Å². The summed E-state index contributed by atoms with van der Waals surface area (Å²) in [5.74, 6) is 0.131. The van der Waals surface area contributed by atoms with Crippen molar-refractivity contribution in [2.45, 2.75) is 19.0 Å². The van der Waals surface area contributed by atoms with Crippen molar-refractivity contribution < 1.29 is 18.0 Å². The van der Waals surface area contributed by atoms with Crippen LogP contribution in [0.15, 0.2) is 36.4 Å². The fraction of sp³-hybridized carbons (Fsp3) is 0.400. The molecule has 1 aromatic rings. The number of hydrogen-bond acceptors (Lipinski definition) is 1. The second-order valence-electron chi connectivity index (χ2n) is 5.26. The highest BCUT2D eigenvalue weighted by molar-refractivity contribution is 5.99. The summed E-state index contributed by atoms with van der Waals surface area (Å²) in [5.41, 5.74) is -0.572. The van der Waals surface area contributed by atoms with Crippen molar-refractivity contribution in [2.24, 2.45) is 17.8 Å². The maximum Gasteiger partial charge on any atom is 0.416 e. The van der Waals surface area contributed by atoms with Gasteiger partial charge in [0.05, 0.1) is 5.56 Å². The van der Waals surface area contributed by atoms with E-state index in [1.807, 2.05) is 12.2 Å². The second kappa shape index (κ2) is 4.22. The van der Waals surface area contributed by atoms with Crippen LogP contribution >= 0.6 is 0 Å². The van der Waals surface area contributed by atoms with E-state index >= 15 is 0 Å². The molecule has 0 amide bonds. The van der Waals surface area contributed by atoms with Crippen molar-refractivity contribution in [1.29, 1.82) is 0 Å². The van der Waals surface area contributed by atoms with E-state index in [1.165, 1.54) is 12.1 Å². The molecule has 1 fully saturated rings. The van der Waals surface area contributed by atoms with E-state index in [0.717, 1.165) is 25.0 Å². The number of fused-ring (bicyclic) bond motifs is 2. The van der Waals surface area contributed by atoms with Gasteiger partial charge < -0.3 is 0 Å². The van der Waals surface area contributed by atoms with Gasteiger partial charge in [-0.15, -0.1) is 0 Å². The van der Waals surface area contributed by atoms with Gasteiger partial charge in [0, 0.05) is 11.5 Å². The highest BCUT2D eigenvalue weighted by Crippen LogP contribution is 2.46. The van der Waals surface area contributed by atoms with Gasteiger partial charge in [-0.25, -0.2) is 0 Å². The Labute approximate surface area is 109 Å². The fourth-order valence-corrected chi connectivity index (χ4v) is 3.21. The van der Waals surface area contributed by atoms with Crippen LogP contribution in [0.5, 0.6) is 0 Å². The average Bonchev–Trinajstić information content (AvgIpc) is 2.97. The van der Waals surface area contributed by atoms with E-state index < -0.39 is 11.7 Å². The number of halogens is 3. The van der Waals surface area contributed by atoms with Crippen molar-refractivity contribution in [3.63, 3.8) is 0 Å². The molecule has 0 heterocycles. The Balaban J connectivity index is 1.89. The summed E-state index contributed by atoms with van der Waals surface area (Å²) in [4.78, 5) is 12.4. The Kier molecular flexibility index (Phi) is 2.77. The molecule has 100 valence electrons. The predicted octanol–water partition coefficient (Wildman–Crippen LogP) is 4.10. The van der Waals surface area contributed by atoms with E-state index in [9.17, 15) is 18.0 Å². The highest BCUT2D eigenvalue weighted by atomic mass is 19.4. The van der Waals surface area contributed by atoms with Crippen LogP contribution in [0.3, 0.4) is 0 Å². The van der Waals surface area contributed by atoms with Crippen LogP contribution in [0.1, 0.15) is 28.8 Å². The van der Waals surface area contributed by atoms with Crippen molar-refractivity contribution in [3.8, 4) is 0 Å². The standard InChI is InChI=1S/C15H13F3O/c16-15(17,18)12-3-1-2-11(8-12)14(19)13-9-4-5-10(13)7-6-9/h1-5,8-10,13H,6-7H2/t9-,10+,13?. The van der Waals surface area contributed by atoms with Crippen LogP contribution in [-0.2, 0) is 6.18 Å². The number of ketones is 1. The molecule has 1 unspecified atom stereocenters. The summed E-state index contributed by atoms with van der Waals surface area (Å²) in [5, 5.41) is 0. The molecule has 2 aliphatic carbocycles. The number of alkyl halides is 3. The van der Waals surface area contributed by atoms with Gasteiger partial charge in [-0.05, 0) is 36.8 Å². The molecule has 0 spiro atoms. The minimum absolute atomic E-state index is 0.149. The van der Waals surface area contributed by atoms with Gasteiger partial charge in [0.15, 0.2) is 5.78 Å². The zero-order valence-electron chi connectivity index (χ0n) is 10.2. The molecule has 0 aliphatic heterocycles. The lowest BCUT2D eigenvalue weighted by atomic mass is 9.87. The smallest absolute Gasteiger partial charge is 0.294 e. The number of hydrogen-bond donors (Lipinski definition) is 0. The second-order valence-corrected chi connectivity index (χ2v) is 5.26. The molecule has 0 aromatic heterocycles. The summed E-state index contributed by atoms with van der Waals surface area (Å²) in [7, 11) is 0. The number of carbonyl (C=O) groups excluding carboxylic acids is 1. The highest BCUT2D eigenvalue weighted by Gasteiger charge is 2.42. The molecule has 2 aliphatic rings. The monoisotopic (exact) mass is 266 g/mol. The first kappa shape index (κ1) is 12.5. The first-order valence-electron chi connectivity index (χ1n) is 6.36. The summed E-state index contributed by atoms with van der Waals surface area (Å²) in [6.07, 6.45) is 1.60. The third-order valence-electron chi connectivity index (χ3n) is 4.14. The van der Waals surface area contributed by atoms with Gasteiger partial charge in [-0.1, -0.05) is 24.3 Å². The lowest BCUT2D eigenvalue weighted by Gasteiger charge is -2.15. The van der Waals surface area contributed by atoms with Gasteiger partial charge in [0.25, 0.3) is 0 Å². The fourth-order valence-electron chi connectivity index (χ4n) is 3.21. The van der Waals surface area contributed by atoms with Crippen LogP contribution in [0, 0.1) is 17.8 Å². The number of carbonyl (C=O) groups is 1. The van der Waals surface area contributed by atoms with E-state index in [2.05, 4.69) is 0 Å². The van der Waals surface area contributed by atoms with Crippen LogP contribution in [0.4, 0.5) is 13.2 Å². The van der Waals surface area contributed by atoms with Crippen LogP contribution in [-0.4, -0.2) is 5.78 Å². The van der Waals surface area contributed by atoms with E-state index in [4.69, 9.17) is 0 Å². The summed E-state index contributed by atoms with van der Waals surface area (Å²) < 4.78 is 38.0. The largest absolute Gasteiger partial charge is 0.416 e. The quantitative estimate of drug-likeness (QED) is 0.581. The first-order chi connectivity index (χ1) is 8.97. The molecule has 2 bridgehead atoms. The van der Waals surface area contributed by atoms with Gasteiger partial charge >= 0.3 is 6.18 Å². The SMILES string of the molecule is O=C(c1cccc(C(F)(F)F)c1)C1[C@@H]2C=C[C@H]1CC2. The Morgan fingerprint density at radius 2 is 1.74 bits per heavy atom. The van der Waals surface area contributed by atoms with Crippen LogP contribution < -0.4 is 0 Å². The van der Waals surface area contributed by atoms with Gasteiger partial charge in [0.1, 0.15) is 0 Å².